The SMILES string of the molecule is C#CC(C)c1cc(Cl)cc(Br)c1O. The van der Waals surface area contributed by atoms with Gasteiger partial charge in [0.1, 0.15) is 5.75 Å². The van der Waals surface area contributed by atoms with Crippen molar-refractivity contribution in [2.24, 2.45) is 0 Å². The standard InChI is InChI=1S/C10H8BrClO/c1-3-6(2)8-4-7(12)5-9(11)10(8)13/h1,4-6,13H,2H3. The highest BCUT2D eigenvalue weighted by molar-refractivity contribution is 9.10. The van der Waals surface area contributed by atoms with Crippen LogP contribution in [-0.4, -0.2) is 5.11 Å². The lowest BCUT2D eigenvalue weighted by Gasteiger charge is -2.09. The predicted octanol–water partition coefficient (Wildman–Crippen LogP) is 3.54. The summed E-state index contributed by atoms with van der Waals surface area (Å²) >= 11 is 9.00. The van der Waals surface area contributed by atoms with Crippen LogP contribution in [0, 0.1) is 12.3 Å². The van der Waals surface area contributed by atoms with E-state index in [0.717, 1.165) is 0 Å². The Balaban J connectivity index is 3.30. The molecular weight excluding hydrogens is 251 g/mol. The van der Waals surface area contributed by atoms with Gasteiger partial charge in [-0.25, -0.2) is 0 Å². The zero-order chi connectivity index (χ0) is 10.0. The Labute approximate surface area is 90.9 Å². The van der Waals surface area contributed by atoms with E-state index in [9.17, 15) is 5.11 Å². The van der Waals surface area contributed by atoms with E-state index in [4.69, 9.17) is 18.0 Å². The molecule has 1 rings (SSSR count). The molecule has 0 amide bonds. The minimum absolute atomic E-state index is 0.144. The first kappa shape index (κ1) is 10.4. The summed E-state index contributed by atoms with van der Waals surface area (Å²) in [6, 6.07) is 3.30. The Hall–Kier alpha value is -0.650. The third-order valence-corrected chi connectivity index (χ3v) is 2.60. The average molecular weight is 260 g/mol. The first-order valence-electron chi connectivity index (χ1n) is 3.70. The van der Waals surface area contributed by atoms with E-state index in [2.05, 4.69) is 21.9 Å². The summed E-state index contributed by atoms with van der Waals surface area (Å²) < 4.78 is 0.567. The topological polar surface area (TPSA) is 20.2 Å². The van der Waals surface area contributed by atoms with Crippen LogP contribution < -0.4 is 0 Å². The van der Waals surface area contributed by atoms with Gasteiger partial charge in [-0.1, -0.05) is 17.5 Å². The summed E-state index contributed by atoms with van der Waals surface area (Å²) in [5.74, 6) is 2.56. The summed E-state index contributed by atoms with van der Waals surface area (Å²) in [6.07, 6.45) is 5.25. The number of phenols is 1. The van der Waals surface area contributed by atoms with Crippen LogP contribution >= 0.6 is 27.5 Å². The number of aromatic hydroxyl groups is 1. The van der Waals surface area contributed by atoms with Crippen molar-refractivity contribution in [3.8, 4) is 18.1 Å². The van der Waals surface area contributed by atoms with E-state index in [1.807, 2.05) is 6.92 Å². The third-order valence-electron chi connectivity index (χ3n) is 1.77. The first-order chi connectivity index (χ1) is 6.06. The molecule has 0 aliphatic carbocycles. The Morgan fingerprint density at radius 2 is 2.23 bits per heavy atom. The maximum absolute atomic E-state index is 9.62. The van der Waals surface area contributed by atoms with Gasteiger partial charge in [-0.05, 0) is 35.0 Å². The zero-order valence-corrected chi connectivity index (χ0v) is 9.35. The summed E-state index contributed by atoms with van der Waals surface area (Å²) in [4.78, 5) is 0. The highest BCUT2D eigenvalue weighted by atomic mass is 79.9. The molecular formula is C10H8BrClO. The first-order valence-corrected chi connectivity index (χ1v) is 4.87. The zero-order valence-electron chi connectivity index (χ0n) is 7.01. The number of phenolic OH excluding ortho intramolecular Hbond substituents is 1. The van der Waals surface area contributed by atoms with Crippen molar-refractivity contribution >= 4 is 27.5 Å². The van der Waals surface area contributed by atoms with E-state index in [0.29, 0.717) is 15.1 Å². The van der Waals surface area contributed by atoms with E-state index >= 15 is 0 Å². The lowest BCUT2D eigenvalue weighted by molar-refractivity contribution is 0.464. The maximum atomic E-state index is 9.62. The Kier molecular flexibility index (Phi) is 3.24. The van der Waals surface area contributed by atoms with Crippen LogP contribution in [0.3, 0.4) is 0 Å². The van der Waals surface area contributed by atoms with Crippen LogP contribution in [0.25, 0.3) is 0 Å². The van der Waals surface area contributed by atoms with Gasteiger partial charge >= 0.3 is 0 Å². The van der Waals surface area contributed by atoms with Gasteiger partial charge in [-0.3, -0.25) is 0 Å². The van der Waals surface area contributed by atoms with Crippen molar-refractivity contribution in [1.29, 1.82) is 0 Å². The van der Waals surface area contributed by atoms with E-state index < -0.39 is 0 Å². The Morgan fingerprint density at radius 1 is 1.62 bits per heavy atom. The monoisotopic (exact) mass is 258 g/mol. The molecule has 1 unspecified atom stereocenters. The van der Waals surface area contributed by atoms with Crippen LogP contribution in [0.1, 0.15) is 18.4 Å². The number of hydrogen-bond acceptors (Lipinski definition) is 1. The molecule has 3 heteroatoms. The minimum Gasteiger partial charge on any atom is -0.506 e. The second kappa shape index (κ2) is 4.04. The molecule has 1 N–H and O–H groups in total. The van der Waals surface area contributed by atoms with Crippen molar-refractivity contribution in [2.75, 3.05) is 0 Å². The molecule has 13 heavy (non-hydrogen) atoms. The second-order valence-corrected chi connectivity index (χ2v) is 4.00. The molecule has 0 bridgehead atoms. The van der Waals surface area contributed by atoms with E-state index in [1.165, 1.54) is 0 Å². The van der Waals surface area contributed by atoms with Gasteiger partial charge in [0, 0.05) is 16.5 Å². The van der Waals surface area contributed by atoms with Gasteiger partial charge in [-0.2, -0.15) is 0 Å². The Bertz CT molecular complexity index is 368. The number of rotatable bonds is 1. The molecule has 0 radical (unpaired) electrons. The number of halogens is 2. The maximum Gasteiger partial charge on any atom is 0.134 e. The smallest absolute Gasteiger partial charge is 0.134 e. The van der Waals surface area contributed by atoms with Gasteiger partial charge in [-0.15, -0.1) is 6.42 Å². The summed E-state index contributed by atoms with van der Waals surface area (Å²) in [7, 11) is 0. The molecule has 0 saturated heterocycles. The molecule has 0 heterocycles. The highest BCUT2D eigenvalue weighted by Gasteiger charge is 2.11. The second-order valence-electron chi connectivity index (χ2n) is 2.71. The molecule has 68 valence electrons. The highest BCUT2D eigenvalue weighted by Crippen LogP contribution is 2.35. The predicted molar refractivity (Wildman–Crippen MR) is 58.1 cm³/mol. The van der Waals surface area contributed by atoms with E-state index in [1.54, 1.807) is 12.1 Å². The van der Waals surface area contributed by atoms with Crippen LogP contribution in [0.4, 0.5) is 0 Å². The van der Waals surface area contributed by atoms with Crippen LogP contribution in [0.15, 0.2) is 16.6 Å². The molecule has 0 spiro atoms. The van der Waals surface area contributed by atoms with Crippen molar-refractivity contribution in [3.63, 3.8) is 0 Å². The van der Waals surface area contributed by atoms with Gasteiger partial charge in [0.25, 0.3) is 0 Å². The largest absolute Gasteiger partial charge is 0.506 e. The lowest BCUT2D eigenvalue weighted by atomic mass is 10.0. The van der Waals surface area contributed by atoms with Crippen LogP contribution in [-0.2, 0) is 0 Å². The minimum atomic E-state index is -0.144. The van der Waals surface area contributed by atoms with Gasteiger partial charge in [0.15, 0.2) is 0 Å². The van der Waals surface area contributed by atoms with Crippen LogP contribution in [0.5, 0.6) is 5.75 Å². The van der Waals surface area contributed by atoms with Gasteiger partial charge in [0.05, 0.1) is 4.47 Å². The molecule has 1 atom stereocenters. The van der Waals surface area contributed by atoms with E-state index in [-0.39, 0.29) is 11.7 Å². The molecule has 0 aliphatic rings. The van der Waals surface area contributed by atoms with Crippen molar-refractivity contribution in [3.05, 3.63) is 27.2 Å². The normalized spacial score (nSPS) is 12.2. The molecule has 1 nitrogen and oxygen atoms in total. The van der Waals surface area contributed by atoms with Gasteiger partial charge < -0.3 is 5.11 Å². The molecule has 0 aliphatic heterocycles. The molecule has 0 aromatic heterocycles. The van der Waals surface area contributed by atoms with Gasteiger partial charge in [0.2, 0.25) is 0 Å². The lowest BCUT2D eigenvalue weighted by Crippen LogP contribution is -1.90. The fourth-order valence-electron chi connectivity index (χ4n) is 1.01. The molecule has 1 aromatic rings. The summed E-state index contributed by atoms with van der Waals surface area (Å²) in [5, 5.41) is 10.2. The van der Waals surface area contributed by atoms with Crippen molar-refractivity contribution in [1.82, 2.24) is 0 Å². The fraction of sp³-hybridized carbons (Fsp3) is 0.200. The molecule has 0 saturated carbocycles. The Morgan fingerprint density at radius 3 is 2.77 bits per heavy atom. The quantitative estimate of drug-likeness (QED) is 0.765. The summed E-state index contributed by atoms with van der Waals surface area (Å²) in [5.41, 5.74) is 0.668. The number of benzene rings is 1. The van der Waals surface area contributed by atoms with Crippen LogP contribution in [0.2, 0.25) is 5.02 Å². The molecule has 1 aromatic carbocycles. The fourth-order valence-corrected chi connectivity index (χ4v) is 1.84. The third kappa shape index (κ3) is 2.18. The summed E-state index contributed by atoms with van der Waals surface area (Å²) in [6.45, 7) is 1.83. The number of hydrogen-bond donors (Lipinski definition) is 1. The van der Waals surface area contributed by atoms with Crippen molar-refractivity contribution < 1.29 is 5.11 Å². The molecule has 0 fully saturated rings. The average Bonchev–Trinajstić information content (AvgIpc) is 2.10. The van der Waals surface area contributed by atoms with Crippen molar-refractivity contribution in [2.45, 2.75) is 12.8 Å². The number of terminal acetylenes is 1.